The van der Waals surface area contributed by atoms with Gasteiger partial charge in [0.05, 0.1) is 5.41 Å². The standard InChI is InChI=1S/C2H3BrO3S/c3-1-2-7(4,5)6/h1-2H,(H,4,5,6). The van der Waals surface area contributed by atoms with Gasteiger partial charge in [-0.1, -0.05) is 15.9 Å². The zero-order valence-corrected chi connectivity index (χ0v) is 5.61. The van der Waals surface area contributed by atoms with Crippen LogP contribution in [0, 0.1) is 0 Å². The van der Waals surface area contributed by atoms with Gasteiger partial charge in [0, 0.05) is 0 Å². The van der Waals surface area contributed by atoms with Crippen molar-refractivity contribution in [1.82, 2.24) is 0 Å². The third-order valence-corrected chi connectivity index (χ3v) is 1.32. The highest BCUT2D eigenvalue weighted by atomic mass is 79.9. The fraction of sp³-hybridized carbons (Fsp3) is 0. The van der Waals surface area contributed by atoms with E-state index in [1.807, 2.05) is 0 Å². The Morgan fingerprint density at radius 1 is 1.57 bits per heavy atom. The van der Waals surface area contributed by atoms with E-state index in [9.17, 15) is 8.42 Å². The molecule has 0 bridgehead atoms. The second-order valence-electron chi connectivity index (χ2n) is 0.777. The van der Waals surface area contributed by atoms with E-state index in [2.05, 4.69) is 15.9 Å². The molecule has 0 aliphatic carbocycles. The number of halogens is 1. The van der Waals surface area contributed by atoms with Crippen LogP contribution in [0.3, 0.4) is 0 Å². The molecule has 0 atom stereocenters. The van der Waals surface area contributed by atoms with Crippen molar-refractivity contribution in [2.75, 3.05) is 0 Å². The van der Waals surface area contributed by atoms with Gasteiger partial charge in [0.25, 0.3) is 10.1 Å². The summed E-state index contributed by atoms with van der Waals surface area (Å²) in [6.07, 6.45) is 0. The van der Waals surface area contributed by atoms with E-state index in [1.54, 1.807) is 0 Å². The maximum atomic E-state index is 9.67. The molecular weight excluding hydrogens is 184 g/mol. The highest BCUT2D eigenvalue weighted by molar-refractivity contribution is 9.11. The SMILES string of the molecule is O=S(=O)(O)C=CBr. The van der Waals surface area contributed by atoms with Gasteiger partial charge in [0.1, 0.15) is 0 Å². The van der Waals surface area contributed by atoms with Crippen LogP contribution in [0.5, 0.6) is 0 Å². The molecule has 0 heterocycles. The zero-order valence-electron chi connectivity index (χ0n) is 3.20. The summed E-state index contributed by atoms with van der Waals surface area (Å²) in [5.74, 6) is 0. The predicted molar refractivity (Wildman–Crippen MR) is 29.6 cm³/mol. The maximum Gasteiger partial charge on any atom is 0.288 e. The second kappa shape index (κ2) is 2.44. The van der Waals surface area contributed by atoms with Crippen LogP contribution in [0.2, 0.25) is 0 Å². The van der Waals surface area contributed by atoms with Crippen LogP contribution >= 0.6 is 15.9 Å². The molecule has 0 fully saturated rings. The van der Waals surface area contributed by atoms with Crippen molar-refractivity contribution in [2.24, 2.45) is 0 Å². The minimum absolute atomic E-state index is 0.632. The number of hydrogen-bond donors (Lipinski definition) is 1. The summed E-state index contributed by atoms with van der Waals surface area (Å²) in [5.41, 5.74) is 0. The molecule has 0 aliphatic rings. The van der Waals surface area contributed by atoms with Gasteiger partial charge in [-0.05, 0) is 4.99 Å². The van der Waals surface area contributed by atoms with Crippen molar-refractivity contribution in [2.45, 2.75) is 0 Å². The minimum Gasteiger partial charge on any atom is -0.282 e. The highest BCUT2D eigenvalue weighted by Gasteiger charge is 1.90. The number of hydrogen-bond acceptors (Lipinski definition) is 2. The van der Waals surface area contributed by atoms with Gasteiger partial charge in [0.2, 0.25) is 0 Å². The van der Waals surface area contributed by atoms with Gasteiger partial charge >= 0.3 is 0 Å². The quantitative estimate of drug-likeness (QED) is 0.616. The van der Waals surface area contributed by atoms with E-state index in [4.69, 9.17) is 4.55 Å². The highest BCUT2D eigenvalue weighted by Crippen LogP contribution is 1.88. The molecule has 0 aromatic carbocycles. The van der Waals surface area contributed by atoms with Gasteiger partial charge in [0.15, 0.2) is 0 Å². The van der Waals surface area contributed by atoms with E-state index in [1.165, 1.54) is 0 Å². The molecular formula is C2H3BrO3S. The molecule has 3 nitrogen and oxygen atoms in total. The van der Waals surface area contributed by atoms with Crippen molar-refractivity contribution in [3.05, 3.63) is 10.4 Å². The lowest BCUT2D eigenvalue weighted by Crippen LogP contribution is -1.87. The summed E-state index contributed by atoms with van der Waals surface area (Å²) in [6.45, 7) is 0. The summed E-state index contributed by atoms with van der Waals surface area (Å²) in [6, 6.07) is 0. The molecule has 1 N–H and O–H groups in total. The Hall–Kier alpha value is 0.130. The molecule has 7 heavy (non-hydrogen) atoms. The van der Waals surface area contributed by atoms with Crippen LogP contribution in [0.1, 0.15) is 0 Å². The Balaban J connectivity index is 4.13. The van der Waals surface area contributed by atoms with Crippen molar-refractivity contribution >= 4 is 26.0 Å². The van der Waals surface area contributed by atoms with Crippen LogP contribution in [-0.4, -0.2) is 13.0 Å². The summed E-state index contributed by atoms with van der Waals surface area (Å²) in [5, 5.41) is 0.632. The van der Waals surface area contributed by atoms with Gasteiger partial charge < -0.3 is 0 Å². The lowest BCUT2D eigenvalue weighted by atomic mass is 11.3. The van der Waals surface area contributed by atoms with Crippen molar-refractivity contribution in [3.8, 4) is 0 Å². The molecule has 0 aromatic heterocycles. The molecule has 0 spiro atoms. The zero-order chi connectivity index (χ0) is 5.91. The van der Waals surface area contributed by atoms with E-state index in [0.29, 0.717) is 5.41 Å². The molecule has 0 saturated heterocycles. The summed E-state index contributed by atoms with van der Waals surface area (Å²) in [7, 11) is -3.90. The Kier molecular flexibility index (Phi) is 2.49. The topological polar surface area (TPSA) is 54.4 Å². The van der Waals surface area contributed by atoms with Crippen LogP contribution in [-0.2, 0) is 10.1 Å². The first kappa shape index (κ1) is 7.13. The molecule has 5 heteroatoms. The third kappa shape index (κ3) is 6.13. The molecule has 0 saturated carbocycles. The van der Waals surface area contributed by atoms with Crippen molar-refractivity contribution in [1.29, 1.82) is 0 Å². The maximum absolute atomic E-state index is 9.67. The minimum atomic E-state index is -3.90. The Morgan fingerprint density at radius 3 is 2.00 bits per heavy atom. The molecule has 0 aliphatic heterocycles. The smallest absolute Gasteiger partial charge is 0.282 e. The van der Waals surface area contributed by atoms with Gasteiger partial charge in [-0.2, -0.15) is 8.42 Å². The molecule has 0 aromatic rings. The molecule has 0 amide bonds. The third-order valence-electron chi connectivity index (χ3n) is 0.223. The van der Waals surface area contributed by atoms with Crippen LogP contribution < -0.4 is 0 Å². The first-order chi connectivity index (χ1) is 3.06. The molecule has 0 rings (SSSR count). The van der Waals surface area contributed by atoms with Crippen LogP contribution in [0.15, 0.2) is 10.4 Å². The Morgan fingerprint density at radius 2 is 2.00 bits per heavy atom. The van der Waals surface area contributed by atoms with Gasteiger partial charge in [-0.15, -0.1) is 0 Å². The van der Waals surface area contributed by atoms with Crippen LogP contribution in [0.4, 0.5) is 0 Å². The van der Waals surface area contributed by atoms with Crippen molar-refractivity contribution < 1.29 is 13.0 Å². The molecule has 0 radical (unpaired) electrons. The van der Waals surface area contributed by atoms with E-state index in [0.717, 1.165) is 4.99 Å². The summed E-state index contributed by atoms with van der Waals surface area (Å²) in [4.78, 5) is 1.06. The van der Waals surface area contributed by atoms with Crippen molar-refractivity contribution in [3.63, 3.8) is 0 Å². The fourth-order valence-electron chi connectivity index (χ4n) is 0.0650. The Bertz CT molecular complexity index is 156. The Labute approximate surface area is 49.9 Å². The molecule has 0 unspecified atom stereocenters. The first-order valence-electron chi connectivity index (χ1n) is 1.30. The summed E-state index contributed by atoms with van der Waals surface area (Å²) < 4.78 is 27.2. The predicted octanol–water partition coefficient (Wildman–Crippen LogP) is 0.740. The average molecular weight is 187 g/mol. The van der Waals surface area contributed by atoms with Gasteiger partial charge in [-0.25, -0.2) is 0 Å². The molecule has 42 valence electrons. The van der Waals surface area contributed by atoms with E-state index in [-0.39, 0.29) is 0 Å². The summed E-state index contributed by atoms with van der Waals surface area (Å²) >= 11 is 2.67. The largest absolute Gasteiger partial charge is 0.288 e. The van der Waals surface area contributed by atoms with Gasteiger partial charge in [-0.3, -0.25) is 4.55 Å². The normalized spacial score (nSPS) is 12.9. The lowest BCUT2D eigenvalue weighted by Gasteiger charge is -1.75. The lowest BCUT2D eigenvalue weighted by molar-refractivity contribution is 0.494. The average Bonchev–Trinajstić information content (AvgIpc) is 1.30. The fourth-order valence-corrected chi connectivity index (χ4v) is 1.01. The van der Waals surface area contributed by atoms with Crippen LogP contribution in [0.25, 0.3) is 0 Å². The second-order valence-corrected chi connectivity index (χ2v) is 2.61. The van der Waals surface area contributed by atoms with E-state index >= 15 is 0 Å². The first-order valence-corrected chi connectivity index (χ1v) is 3.72. The van der Waals surface area contributed by atoms with E-state index < -0.39 is 10.1 Å². The number of rotatable bonds is 1. The monoisotopic (exact) mass is 186 g/mol.